The van der Waals surface area contributed by atoms with Crippen molar-refractivity contribution in [3.63, 3.8) is 0 Å². The first-order chi connectivity index (χ1) is 10.0. The zero-order valence-electron chi connectivity index (χ0n) is 12.1. The molecular formula is C16H17BrFNO2. The van der Waals surface area contributed by atoms with Crippen molar-refractivity contribution in [2.45, 2.75) is 13.0 Å². The standard InChI is InChI=1S/C16H17BrFNO2/c1-10(11-4-7-15(20-2)13(17)8-11)19-14-6-5-12(18)9-16(14)21-3/h4-10,19H,1-3H3. The largest absolute Gasteiger partial charge is 0.496 e. The molecule has 3 nitrogen and oxygen atoms in total. The highest BCUT2D eigenvalue weighted by molar-refractivity contribution is 9.10. The van der Waals surface area contributed by atoms with Gasteiger partial charge in [-0.2, -0.15) is 0 Å². The van der Waals surface area contributed by atoms with E-state index < -0.39 is 0 Å². The van der Waals surface area contributed by atoms with Crippen molar-refractivity contribution in [3.8, 4) is 11.5 Å². The highest BCUT2D eigenvalue weighted by atomic mass is 79.9. The van der Waals surface area contributed by atoms with Crippen molar-refractivity contribution < 1.29 is 13.9 Å². The topological polar surface area (TPSA) is 30.5 Å². The summed E-state index contributed by atoms with van der Waals surface area (Å²) in [5.41, 5.74) is 1.83. The normalized spacial score (nSPS) is 11.9. The summed E-state index contributed by atoms with van der Waals surface area (Å²) in [6.07, 6.45) is 0. The van der Waals surface area contributed by atoms with Crippen LogP contribution in [-0.4, -0.2) is 14.2 Å². The molecule has 0 spiro atoms. The van der Waals surface area contributed by atoms with Crippen LogP contribution in [0.2, 0.25) is 0 Å². The molecule has 0 aliphatic carbocycles. The molecule has 0 amide bonds. The molecule has 21 heavy (non-hydrogen) atoms. The summed E-state index contributed by atoms with van der Waals surface area (Å²) in [7, 11) is 3.15. The van der Waals surface area contributed by atoms with Gasteiger partial charge < -0.3 is 14.8 Å². The number of benzene rings is 2. The maximum Gasteiger partial charge on any atom is 0.144 e. The number of halogens is 2. The van der Waals surface area contributed by atoms with E-state index >= 15 is 0 Å². The Balaban J connectivity index is 2.21. The van der Waals surface area contributed by atoms with Crippen molar-refractivity contribution in [2.24, 2.45) is 0 Å². The number of rotatable bonds is 5. The van der Waals surface area contributed by atoms with Crippen molar-refractivity contribution in [2.75, 3.05) is 19.5 Å². The van der Waals surface area contributed by atoms with Crippen LogP contribution < -0.4 is 14.8 Å². The minimum absolute atomic E-state index is 0.0339. The van der Waals surface area contributed by atoms with Gasteiger partial charge >= 0.3 is 0 Å². The fourth-order valence-electron chi connectivity index (χ4n) is 2.05. The fraction of sp³-hybridized carbons (Fsp3) is 0.250. The molecule has 0 aliphatic rings. The molecule has 1 atom stereocenters. The molecule has 0 saturated heterocycles. The van der Waals surface area contributed by atoms with Gasteiger partial charge in [0.2, 0.25) is 0 Å². The minimum Gasteiger partial charge on any atom is -0.496 e. The molecule has 0 bridgehead atoms. The Morgan fingerprint density at radius 3 is 2.38 bits per heavy atom. The van der Waals surface area contributed by atoms with Gasteiger partial charge in [-0.05, 0) is 52.7 Å². The second-order valence-electron chi connectivity index (χ2n) is 4.60. The summed E-state index contributed by atoms with van der Waals surface area (Å²) in [5.74, 6) is 0.942. The molecule has 2 aromatic carbocycles. The summed E-state index contributed by atoms with van der Waals surface area (Å²) >= 11 is 3.47. The third kappa shape index (κ3) is 3.67. The second-order valence-corrected chi connectivity index (χ2v) is 5.46. The lowest BCUT2D eigenvalue weighted by Gasteiger charge is -2.18. The van der Waals surface area contributed by atoms with Gasteiger partial charge in [-0.3, -0.25) is 0 Å². The summed E-state index contributed by atoms with van der Waals surface area (Å²) in [4.78, 5) is 0. The van der Waals surface area contributed by atoms with Crippen molar-refractivity contribution >= 4 is 21.6 Å². The lowest BCUT2D eigenvalue weighted by molar-refractivity contribution is 0.411. The molecule has 0 radical (unpaired) electrons. The first-order valence-corrected chi connectivity index (χ1v) is 7.28. The highest BCUT2D eigenvalue weighted by Crippen LogP contribution is 2.32. The van der Waals surface area contributed by atoms with Crippen LogP contribution in [0.1, 0.15) is 18.5 Å². The number of anilines is 1. The third-order valence-electron chi connectivity index (χ3n) is 3.21. The molecule has 2 rings (SSSR count). The lowest BCUT2D eigenvalue weighted by Crippen LogP contribution is -2.08. The average molecular weight is 354 g/mol. The van der Waals surface area contributed by atoms with Crippen LogP contribution in [-0.2, 0) is 0 Å². The average Bonchev–Trinajstić information content (AvgIpc) is 2.48. The van der Waals surface area contributed by atoms with Gasteiger partial charge in [0.15, 0.2) is 0 Å². The van der Waals surface area contributed by atoms with E-state index in [0.717, 1.165) is 21.5 Å². The van der Waals surface area contributed by atoms with Crippen molar-refractivity contribution in [1.29, 1.82) is 0 Å². The zero-order chi connectivity index (χ0) is 15.4. The number of nitrogens with one attached hydrogen (secondary N) is 1. The molecular weight excluding hydrogens is 337 g/mol. The Morgan fingerprint density at radius 2 is 1.76 bits per heavy atom. The van der Waals surface area contributed by atoms with Crippen LogP contribution >= 0.6 is 15.9 Å². The molecule has 1 unspecified atom stereocenters. The Labute approximate surface area is 132 Å². The van der Waals surface area contributed by atoms with Gasteiger partial charge in [-0.25, -0.2) is 4.39 Å². The summed E-state index contributed by atoms with van der Waals surface area (Å²) in [6, 6.07) is 10.3. The number of ether oxygens (including phenoxy) is 2. The molecule has 0 fully saturated rings. The molecule has 2 aromatic rings. The van der Waals surface area contributed by atoms with Crippen LogP contribution in [0.25, 0.3) is 0 Å². The van der Waals surface area contributed by atoms with Crippen LogP contribution in [0.4, 0.5) is 10.1 Å². The van der Waals surface area contributed by atoms with Crippen molar-refractivity contribution in [1.82, 2.24) is 0 Å². The quantitative estimate of drug-likeness (QED) is 0.838. The van der Waals surface area contributed by atoms with E-state index in [1.807, 2.05) is 25.1 Å². The Hall–Kier alpha value is -1.75. The van der Waals surface area contributed by atoms with E-state index in [4.69, 9.17) is 9.47 Å². The molecule has 0 aromatic heterocycles. The molecule has 0 saturated carbocycles. The SMILES string of the molecule is COc1ccc(C(C)Nc2ccc(F)cc2OC)cc1Br. The minimum atomic E-state index is -0.322. The van der Waals surface area contributed by atoms with Gasteiger partial charge in [0.05, 0.1) is 24.4 Å². The van der Waals surface area contributed by atoms with Gasteiger partial charge in [0.25, 0.3) is 0 Å². The zero-order valence-corrected chi connectivity index (χ0v) is 13.7. The predicted octanol–water partition coefficient (Wildman–Crippen LogP) is 4.78. The Morgan fingerprint density at radius 1 is 1.05 bits per heavy atom. The maximum absolute atomic E-state index is 13.2. The van der Waals surface area contributed by atoms with Crippen LogP contribution in [0, 0.1) is 5.82 Å². The van der Waals surface area contributed by atoms with Crippen LogP contribution in [0.3, 0.4) is 0 Å². The second kappa shape index (κ2) is 6.80. The van der Waals surface area contributed by atoms with Gasteiger partial charge in [-0.15, -0.1) is 0 Å². The van der Waals surface area contributed by atoms with Gasteiger partial charge in [0, 0.05) is 12.1 Å². The van der Waals surface area contributed by atoms with Gasteiger partial charge in [0.1, 0.15) is 17.3 Å². The highest BCUT2D eigenvalue weighted by Gasteiger charge is 2.11. The lowest BCUT2D eigenvalue weighted by atomic mass is 10.1. The summed E-state index contributed by atoms with van der Waals surface area (Å²) in [6.45, 7) is 2.02. The molecule has 112 valence electrons. The Kier molecular flexibility index (Phi) is 5.07. The maximum atomic E-state index is 13.2. The first-order valence-electron chi connectivity index (χ1n) is 6.48. The van der Waals surface area contributed by atoms with E-state index in [0.29, 0.717) is 5.75 Å². The molecule has 5 heteroatoms. The van der Waals surface area contributed by atoms with Crippen molar-refractivity contribution in [3.05, 3.63) is 52.3 Å². The first kappa shape index (κ1) is 15.6. The monoisotopic (exact) mass is 353 g/mol. The third-order valence-corrected chi connectivity index (χ3v) is 3.83. The van der Waals surface area contributed by atoms with Crippen LogP contribution in [0.5, 0.6) is 11.5 Å². The number of methoxy groups -OCH3 is 2. The molecule has 0 aliphatic heterocycles. The Bertz CT molecular complexity index is 634. The number of hydrogen-bond donors (Lipinski definition) is 1. The summed E-state index contributed by atoms with van der Waals surface area (Å²) in [5, 5.41) is 3.32. The smallest absolute Gasteiger partial charge is 0.144 e. The van der Waals surface area contributed by atoms with Crippen LogP contribution in [0.15, 0.2) is 40.9 Å². The summed E-state index contributed by atoms with van der Waals surface area (Å²) < 4.78 is 24.5. The van der Waals surface area contributed by atoms with Gasteiger partial charge in [-0.1, -0.05) is 6.07 Å². The van der Waals surface area contributed by atoms with E-state index in [1.54, 1.807) is 13.2 Å². The van der Waals surface area contributed by atoms with E-state index in [-0.39, 0.29) is 11.9 Å². The molecule has 1 N–H and O–H groups in total. The fourth-order valence-corrected chi connectivity index (χ4v) is 2.61. The molecule has 0 heterocycles. The van der Waals surface area contributed by atoms with E-state index in [1.165, 1.54) is 19.2 Å². The predicted molar refractivity (Wildman–Crippen MR) is 85.7 cm³/mol. The van der Waals surface area contributed by atoms with E-state index in [9.17, 15) is 4.39 Å². The number of hydrogen-bond acceptors (Lipinski definition) is 3. The van der Waals surface area contributed by atoms with E-state index in [2.05, 4.69) is 21.2 Å².